The third kappa shape index (κ3) is 2.28. The van der Waals surface area contributed by atoms with E-state index < -0.39 is 5.97 Å². The number of benzene rings is 1. The summed E-state index contributed by atoms with van der Waals surface area (Å²) < 4.78 is 1.71. The molecule has 1 saturated heterocycles. The number of aromatic amines is 1. The number of nitrogens with zero attached hydrogens (tertiary/aromatic N) is 1. The van der Waals surface area contributed by atoms with Gasteiger partial charge in [-0.2, -0.15) is 11.8 Å². The zero-order valence-corrected chi connectivity index (χ0v) is 11.1. The number of carboxylic acid groups (broad SMARTS) is 1. The van der Waals surface area contributed by atoms with Gasteiger partial charge < -0.3 is 10.1 Å². The molecule has 2 aromatic rings. The number of imidazole rings is 1. The predicted octanol–water partition coefficient (Wildman–Crippen LogP) is 1.92. The van der Waals surface area contributed by atoms with Crippen LogP contribution in [0.15, 0.2) is 23.0 Å². The minimum atomic E-state index is -0.984. The summed E-state index contributed by atoms with van der Waals surface area (Å²) in [7, 11) is 0. The molecule has 1 unspecified atom stereocenters. The highest BCUT2D eigenvalue weighted by Gasteiger charge is 2.18. The summed E-state index contributed by atoms with van der Waals surface area (Å²) >= 11 is 1.90. The molecule has 0 saturated carbocycles. The number of hydrogen-bond acceptors (Lipinski definition) is 3. The number of fused-ring (bicyclic) bond motifs is 1. The van der Waals surface area contributed by atoms with Crippen LogP contribution in [0.25, 0.3) is 11.0 Å². The first-order valence-electron chi connectivity index (χ1n) is 6.22. The first kappa shape index (κ1) is 12.3. The Bertz CT molecular complexity index is 683. The van der Waals surface area contributed by atoms with Crippen molar-refractivity contribution in [1.82, 2.24) is 9.55 Å². The smallest absolute Gasteiger partial charge is 0.335 e. The molecule has 2 heterocycles. The molecule has 0 radical (unpaired) electrons. The van der Waals surface area contributed by atoms with Crippen molar-refractivity contribution in [3.05, 3.63) is 34.2 Å². The van der Waals surface area contributed by atoms with Gasteiger partial charge in [0.25, 0.3) is 0 Å². The number of carboxylic acids is 1. The van der Waals surface area contributed by atoms with E-state index in [0.29, 0.717) is 17.3 Å². The predicted molar refractivity (Wildman–Crippen MR) is 75.0 cm³/mol. The highest BCUT2D eigenvalue weighted by atomic mass is 32.2. The molecular formula is C13H14N2O3S. The molecule has 3 rings (SSSR count). The minimum Gasteiger partial charge on any atom is -0.478 e. The molecule has 1 aromatic carbocycles. The van der Waals surface area contributed by atoms with Crippen molar-refractivity contribution in [2.75, 3.05) is 5.75 Å². The molecule has 0 spiro atoms. The highest BCUT2D eigenvalue weighted by Crippen LogP contribution is 2.27. The standard InChI is InChI=1S/C13H14N2O3S/c16-12(17)8-3-4-11-10(6-8)14-13(18)15(11)7-9-2-1-5-19-9/h3-4,6,9H,1-2,5,7H2,(H,14,18)(H,16,17). The van der Waals surface area contributed by atoms with Crippen LogP contribution in [-0.2, 0) is 6.54 Å². The molecule has 5 nitrogen and oxygen atoms in total. The third-order valence-electron chi connectivity index (χ3n) is 3.43. The average Bonchev–Trinajstić information content (AvgIpc) is 2.98. The molecule has 2 N–H and O–H groups in total. The van der Waals surface area contributed by atoms with Crippen LogP contribution in [-0.4, -0.2) is 31.6 Å². The van der Waals surface area contributed by atoms with E-state index in [4.69, 9.17) is 5.11 Å². The topological polar surface area (TPSA) is 75.1 Å². The zero-order valence-electron chi connectivity index (χ0n) is 10.3. The second kappa shape index (κ2) is 4.77. The van der Waals surface area contributed by atoms with Crippen LogP contribution in [0.1, 0.15) is 23.2 Å². The largest absolute Gasteiger partial charge is 0.478 e. The number of carbonyl (C=O) groups is 1. The van der Waals surface area contributed by atoms with Gasteiger partial charge in [-0.3, -0.25) is 4.57 Å². The summed E-state index contributed by atoms with van der Waals surface area (Å²) in [5, 5.41) is 9.43. The van der Waals surface area contributed by atoms with E-state index in [1.54, 1.807) is 10.6 Å². The lowest BCUT2D eigenvalue weighted by Gasteiger charge is -2.09. The van der Waals surface area contributed by atoms with Gasteiger partial charge in [0.15, 0.2) is 0 Å². The highest BCUT2D eigenvalue weighted by molar-refractivity contribution is 8.00. The quantitative estimate of drug-likeness (QED) is 0.899. The Morgan fingerprint density at radius 2 is 2.37 bits per heavy atom. The number of rotatable bonds is 3. The van der Waals surface area contributed by atoms with E-state index in [1.807, 2.05) is 11.8 Å². The fourth-order valence-corrected chi connectivity index (χ4v) is 3.72. The Balaban J connectivity index is 2.02. The molecule has 0 amide bonds. The summed E-state index contributed by atoms with van der Waals surface area (Å²) in [5.74, 6) is 0.173. The van der Waals surface area contributed by atoms with Crippen molar-refractivity contribution >= 4 is 28.8 Å². The maximum absolute atomic E-state index is 12.0. The second-order valence-corrected chi connectivity index (χ2v) is 6.12. The van der Waals surface area contributed by atoms with Gasteiger partial charge in [-0.15, -0.1) is 0 Å². The average molecular weight is 278 g/mol. The van der Waals surface area contributed by atoms with Gasteiger partial charge in [-0.1, -0.05) is 0 Å². The number of aromatic carboxylic acids is 1. The lowest BCUT2D eigenvalue weighted by molar-refractivity contribution is 0.0697. The molecule has 0 aliphatic carbocycles. The van der Waals surface area contributed by atoms with Gasteiger partial charge in [-0.25, -0.2) is 9.59 Å². The lowest BCUT2D eigenvalue weighted by Crippen LogP contribution is -2.21. The number of aromatic nitrogens is 2. The number of thioether (sulfide) groups is 1. The fourth-order valence-electron chi connectivity index (χ4n) is 2.47. The van der Waals surface area contributed by atoms with Crippen LogP contribution in [0, 0.1) is 0 Å². The summed E-state index contributed by atoms with van der Waals surface area (Å²) in [6.45, 7) is 0.690. The van der Waals surface area contributed by atoms with Crippen molar-refractivity contribution in [2.45, 2.75) is 24.6 Å². The van der Waals surface area contributed by atoms with E-state index in [2.05, 4.69) is 4.98 Å². The van der Waals surface area contributed by atoms with Gasteiger partial charge in [0, 0.05) is 11.8 Å². The number of H-pyrrole nitrogens is 1. The maximum atomic E-state index is 12.0. The van der Waals surface area contributed by atoms with E-state index in [-0.39, 0.29) is 11.3 Å². The van der Waals surface area contributed by atoms with Crippen LogP contribution in [0.5, 0.6) is 0 Å². The SMILES string of the molecule is O=C(O)c1ccc2c(c1)[nH]c(=O)n2CC1CCCS1. The van der Waals surface area contributed by atoms with Crippen LogP contribution >= 0.6 is 11.8 Å². The first-order valence-corrected chi connectivity index (χ1v) is 7.27. The molecule has 100 valence electrons. The van der Waals surface area contributed by atoms with Crippen LogP contribution in [0.4, 0.5) is 0 Å². The van der Waals surface area contributed by atoms with Crippen LogP contribution < -0.4 is 5.69 Å². The summed E-state index contributed by atoms with van der Waals surface area (Å²) in [6.07, 6.45) is 2.34. The van der Waals surface area contributed by atoms with Gasteiger partial charge in [0.05, 0.1) is 16.6 Å². The van der Waals surface area contributed by atoms with Gasteiger partial charge in [0.1, 0.15) is 0 Å². The summed E-state index contributed by atoms with van der Waals surface area (Å²) in [6, 6.07) is 4.75. The van der Waals surface area contributed by atoms with E-state index in [9.17, 15) is 9.59 Å². The number of hydrogen-bond donors (Lipinski definition) is 2. The molecule has 1 aromatic heterocycles. The zero-order chi connectivity index (χ0) is 13.4. The van der Waals surface area contributed by atoms with Crippen molar-refractivity contribution in [2.24, 2.45) is 0 Å². The lowest BCUT2D eigenvalue weighted by atomic mass is 10.2. The van der Waals surface area contributed by atoms with Crippen LogP contribution in [0.2, 0.25) is 0 Å². The Labute approximate surface area is 113 Å². The van der Waals surface area contributed by atoms with Crippen molar-refractivity contribution in [3.8, 4) is 0 Å². The van der Waals surface area contributed by atoms with E-state index in [0.717, 1.165) is 17.7 Å². The summed E-state index contributed by atoms with van der Waals surface area (Å²) in [5.41, 5.74) is 1.40. The molecule has 1 atom stereocenters. The Morgan fingerprint density at radius 1 is 1.53 bits per heavy atom. The van der Waals surface area contributed by atoms with Crippen molar-refractivity contribution < 1.29 is 9.90 Å². The molecule has 1 fully saturated rings. The molecule has 0 bridgehead atoms. The molecule has 6 heteroatoms. The van der Waals surface area contributed by atoms with Crippen molar-refractivity contribution in [1.29, 1.82) is 0 Å². The molecule has 1 aliphatic rings. The Kier molecular flexibility index (Phi) is 3.10. The van der Waals surface area contributed by atoms with Crippen molar-refractivity contribution in [3.63, 3.8) is 0 Å². The van der Waals surface area contributed by atoms with Gasteiger partial charge >= 0.3 is 11.7 Å². The van der Waals surface area contributed by atoms with E-state index in [1.165, 1.54) is 18.6 Å². The summed E-state index contributed by atoms with van der Waals surface area (Å²) in [4.78, 5) is 25.6. The minimum absolute atomic E-state index is 0.162. The monoisotopic (exact) mass is 278 g/mol. The Morgan fingerprint density at radius 3 is 3.05 bits per heavy atom. The third-order valence-corrected chi connectivity index (χ3v) is 4.81. The fraction of sp³-hybridized carbons (Fsp3) is 0.385. The maximum Gasteiger partial charge on any atom is 0.335 e. The second-order valence-electron chi connectivity index (χ2n) is 4.71. The van der Waals surface area contributed by atoms with E-state index >= 15 is 0 Å². The molecule has 19 heavy (non-hydrogen) atoms. The molecular weight excluding hydrogens is 264 g/mol. The van der Waals surface area contributed by atoms with Gasteiger partial charge in [-0.05, 0) is 36.8 Å². The van der Waals surface area contributed by atoms with Gasteiger partial charge in [0.2, 0.25) is 0 Å². The number of nitrogens with one attached hydrogen (secondary N) is 1. The Hall–Kier alpha value is -1.69. The first-order chi connectivity index (χ1) is 9.15. The molecule has 1 aliphatic heterocycles. The van der Waals surface area contributed by atoms with Crippen LogP contribution in [0.3, 0.4) is 0 Å². The normalized spacial score (nSPS) is 19.1.